The summed E-state index contributed by atoms with van der Waals surface area (Å²) in [7, 11) is 0. The predicted molar refractivity (Wildman–Crippen MR) is 101 cm³/mol. The van der Waals surface area contributed by atoms with Crippen molar-refractivity contribution in [2.75, 3.05) is 0 Å². The number of hydrogen-bond acceptors (Lipinski definition) is 5. The van der Waals surface area contributed by atoms with Gasteiger partial charge in [0, 0.05) is 15.1 Å². The third-order valence-electron chi connectivity index (χ3n) is 3.44. The van der Waals surface area contributed by atoms with Crippen molar-refractivity contribution in [1.82, 2.24) is 4.98 Å². The number of hydrogen-bond donors (Lipinski definition) is 0. The van der Waals surface area contributed by atoms with E-state index in [9.17, 15) is 4.79 Å². The van der Waals surface area contributed by atoms with Crippen LogP contribution in [0.15, 0.2) is 42.5 Å². The van der Waals surface area contributed by atoms with E-state index in [1.807, 2.05) is 24.3 Å². The lowest BCUT2D eigenvalue weighted by atomic mass is 10.2. The zero-order valence-corrected chi connectivity index (χ0v) is 15.2. The molecule has 4 rings (SSSR count). The summed E-state index contributed by atoms with van der Waals surface area (Å²) in [6.07, 6.45) is 0. The maximum absolute atomic E-state index is 12.4. The molecule has 120 valence electrons. The lowest BCUT2D eigenvalue weighted by Crippen LogP contribution is -2.03. The summed E-state index contributed by atoms with van der Waals surface area (Å²) in [5.41, 5.74) is 0.906. The Kier molecular flexibility index (Phi) is 4.18. The van der Waals surface area contributed by atoms with Gasteiger partial charge in [0.2, 0.25) is 0 Å². The first-order valence-corrected chi connectivity index (χ1v) is 9.40. The fourth-order valence-electron chi connectivity index (χ4n) is 2.34. The SMILES string of the molecule is O=C(OCc1nc2ccccc2s1)c1sc2cc(Cl)ccc2c1Cl. The van der Waals surface area contributed by atoms with Crippen LogP contribution in [0.25, 0.3) is 20.3 Å². The highest BCUT2D eigenvalue weighted by molar-refractivity contribution is 7.21. The van der Waals surface area contributed by atoms with Crippen LogP contribution in [0, 0.1) is 0 Å². The zero-order chi connectivity index (χ0) is 16.7. The molecule has 7 heteroatoms. The van der Waals surface area contributed by atoms with Crippen LogP contribution in [-0.4, -0.2) is 11.0 Å². The molecule has 0 aliphatic heterocycles. The minimum atomic E-state index is -0.448. The van der Waals surface area contributed by atoms with E-state index in [1.165, 1.54) is 22.7 Å². The Hall–Kier alpha value is -1.66. The number of benzene rings is 2. The molecule has 0 saturated carbocycles. The van der Waals surface area contributed by atoms with Crippen LogP contribution in [0.1, 0.15) is 14.7 Å². The second-order valence-electron chi connectivity index (χ2n) is 5.04. The van der Waals surface area contributed by atoms with Crippen LogP contribution in [0.3, 0.4) is 0 Å². The molecule has 2 aromatic heterocycles. The number of carbonyl (C=O) groups excluding carboxylic acids is 1. The predicted octanol–water partition coefficient (Wildman–Crippen LogP) is 6.17. The van der Waals surface area contributed by atoms with Gasteiger partial charge in [-0.15, -0.1) is 22.7 Å². The number of ether oxygens (including phenoxy) is 1. The maximum Gasteiger partial charge on any atom is 0.350 e. The van der Waals surface area contributed by atoms with E-state index in [0.29, 0.717) is 14.9 Å². The number of carbonyl (C=O) groups is 1. The average Bonchev–Trinajstić information content (AvgIpc) is 3.13. The van der Waals surface area contributed by atoms with Gasteiger partial charge >= 0.3 is 5.97 Å². The van der Waals surface area contributed by atoms with Crippen molar-refractivity contribution in [3.8, 4) is 0 Å². The Morgan fingerprint density at radius 2 is 1.92 bits per heavy atom. The molecule has 2 heterocycles. The second kappa shape index (κ2) is 6.33. The van der Waals surface area contributed by atoms with E-state index in [-0.39, 0.29) is 6.61 Å². The van der Waals surface area contributed by atoms with Gasteiger partial charge in [0.05, 0.1) is 15.2 Å². The summed E-state index contributed by atoms with van der Waals surface area (Å²) in [4.78, 5) is 17.2. The Balaban J connectivity index is 1.56. The highest BCUT2D eigenvalue weighted by Gasteiger charge is 2.19. The quantitative estimate of drug-likeness (QED) is 0.390. The molecule has 0 aliphatic rings. The molecule has 0 fully saturated rings. The van der Waals surface area contributed by atoms with Crippen molar-refractivity contribution in [3.63, 3.8) is 0 Å². The van der Waals surface area contributed by atoms with E-state index in [0.717, 1.165) is 25.3 Å². The van der Waals surface area contributed by atoms with Gasteiger partial charge in [0.15, 0.2) is 0 Å². The minimum absolute atomic E-state index is 0.128. The largest absolute Gasteiger partial charge is 0.454 e. The Morgan fingerprint density at radius 1 is 1.08 bits per heavy atom. The van der Waals surface area contributed by atoms with Crippen LogP contribution >= 0.6 is 45.9 Å². The standard InChI is InChI=1S/C17H9Cl2NO2S2/c18-9-5-6-10-13(7-9)24-16(15(10)19)17(21)22-8-14-20-11-3-1-2-4-12(11)23-14/h1-7H,8H2. The van der Waals surface area contributed by atoms with Crippen molar-refractivity contribution in [1.29, 1.82) is 0 Å². The third-order valence-corrected chi connectivity index (χ3v) is 6.32. The first-order valence-electron chi connectivity index (χ1n) is 7.01. The first kappa shape index (κ1) is 15.8. The number of thiazole rings is 1. The number of para-hydroxylation sites is 1. The minimum Gasteiger partial charge on any atom is -0.454 e. The van der Waals surface area contributed by atoms with Gasteiger partial charge in [-0.3, -0.25) is 0 Å². The highest BCUT2D eigenvalue weighted by Crippen LogP contribution is 2.37. The van der Waals surface area contributed by atoms with Gasteiger partial charge in [-0.2, -0.15) is 0 Å². The van der Waals surface area contributed by atoms with Gasteiger partial charge in [0.25, 0.3) is 0 Å². The normalized spacial score (nSPS) is 11.2. The van der Waals surface area contributed by atoms with Crippen LogP contribution in [0.5, 0.6) is 0 Å². The van der Waals surface area contributed by atoms with Crippen molar-refractivity contribution < 1.29 is 9.53 Å². The van der Waals surface area contributed by atoms with E-state index >= 15 is 0 Å². The number of fused-ring (bicyclic) bond motifs is 2. The second-order valence-corrected chi connectivity index (χ2v) is 8.02. The molecule has 0 spiro atoms. The topological polar surface area (TPSA) is 39.2 Å². The summed E-state index contributed by atoms with van der Waals surface area (Å²) < 4.78 is 7.31. The number of rotatable bonds is 3. The summed E-state index contributed by atoms with van der Waals surface area (Å²) in [6.45, 7) is 0.128. The molecule has 0 radical (unpaired) electrons. The van der Waals surface area contributed by atoms with Gasteiger partial charge in [-0.25, -0.2) is 9.78 Å². The van der Waals surface area contributed by atoms with E-state index in [1.54, 1.807) is 18.2 Å². The number of thiophene rings is 1. The average molecular weight is 394 g/mol. The summed E-state index contributed by atoms with van der Waals surface area (Å²) in [5, 5.41) is 2.57. The Labute approximate surface area is 155 Å². The summed E-state index contributed by atoms with van der Waals surface area (Å²) >= 11 is 15.1. The molecule has 0 unspecified atom stereocenters. The van der Waals surface area contributed by atoms with E-state index in [4.69, 9.17) is 27.9 Å². The van der Waals surface area contributed by atoms with E-state index < -0.39 is 5.97 Å². The van der Waals surface area contributed by atoms with Gasteiger partial charge in [0.1, 0.15) is 16.5 Å². The fourth-order valence-corrected chi connectivity index (χ4v) is 4.90. The first-order chi connectivity index (χ1) is 11.6. The van der Waals surface area contributed by atoms with Crippen molar-refractivity contribution >= 4 is 72.1 Å². The molecule has 0 atom stereocenters. The van der Waals surface area contributed by atoms with Crippen molar-refractivity contribution in [2.24, 2.45) is 0 Å². The van der Waals surface area contributed by atoms with Crippen molar-refractivity contribution in [2.45, 2.75) is 6.61 Å². The zero-order valence-electron chi connectivity index (χ0n) is 12.1. The van der Waals surface area contributed by atoms with Crippen molar-refractivity contribution in [3.05, 3.63) is 62.4 Å². The summed E-state index contributed by atoms with van der Waals surface area (Å²) in [6, 6.07) is 13.2. The number of halogens is 2. The molecule has 3 nitrogen and oxygen atoms in total. The van der Waals surface area contributed by atoms with Gasteiger partial charge in [-0.1, -0.05) is 41.4 Å². The molecule has 0 saturated heterocycles. The number of esters is 1. The van der Waals surface area contributed by atoms with E-state index in [2.05, 4.69) is 4.98 Å². The molecule has 0 bridgehead atoms. The smallest absolute Gasteiger partial charge is 0.350 e. The fraction of sp³-hybridized carbons (Fsp3) is 0.0588. The van der Waals surface area contributed by atoms with Crippen LogP contribution in [0.4, 0.5) is 0 Å². The van der Waals surface area contributed by atoms with Gasteiger partial charge in [-0.05, 0) is 24.3 Å². The monoisotopic (exact) mass is 393 g/mol. The highest BCUT2D eigenvalue weighted by atomic mass is 35.5. The maximum atomic E-state index is 12.4. The molecule has 2 aromatic carbocycles. The molecular weight excluding hydrogens is 385 g/mol. The molecule has 0 N–H and O–H groups in total. The summed E-state index contributed by atoms with van der Waals surface area (Å²) in [5.74, 6) is -0.448. The third kappa shape index (κ3) is 2.89. The van der Waals surface area contributed by atoms with Gasteiger partial charge < -0.3 is 4.74 Å². The Bertz CT molecular complexity index is 1040. The van der Waals surface area contributed by atoms with Crippen LogP contribution in [-0.2, 0) is 11.3 Å². The van der Waals surface area contributed by atoms with Crippen LogP contribution in [0.2, 0.25) is 10.0 Å². The number of aromatic nitrogens is 1. The molecule has 4 aromatic rings. The lowest BCUT2D eigenvalue weighted by molar-refractivity contribution is 0.0479. The molecule has 0 aliphatic carbocycles. The molecule has 0 amide bonds. The van der Waals surface area contributed by atoms with Crippen LogP contribution < -0.4 is 0 Å². The molecular formula is C17H9Cl2NO2S2. The number of nitrogens with zero attached hydrogens (tertiary/aromatic N) is 1. The lowest BCUT2D eigenvalue weighted by Gasteiger charge is -2.00. The molecule has 24 heavy (non-hydrogen) atoms. The Morgan fingerprint density at radius 3 is 2.75 bits per heavy atom.